The molecule has 0 N–H and O–H groups in total. The Labute approximate surface area is 136 Å². The van der Waals surface area contributed by atoms with E-state index in [1.54, 1.807) is 12.1 Å². The van der Waals surface area contributed by atoms with Gasteiger partial charge in [-0.15, -0.1) is 0 Å². The van der Waals surface area contributed by atoms with Crippen molar-refractivity contribution in [1.82, 2.24) is 4.90 Å². The van der Waals surface area contributed by atoms with Gasteiger partial charge in [0.1, 0.15) is 6.10 Å². The van der Waals surface area contributed by atoms with Gasteiger partial charge in [-0.2, -0.15) is 0 Å². The summed E-state index contributed by atoms with van der Waals surface area (Å²) in [6.45, 7) is 3.11. The third-order valence-corrected chi connectivity index (χ3v) is 5.55. The number of nitrogens with zero attached hydrogens (tertiary/aromatic N) is 2. The van der Waals surface area contributed by atoms with Gasteiger partial charge in [0.2, 0.25) is 0 Å². The fourth-order valence-corrected chi connectivity index (χ4v) is 4.08. The van der Waals surface area contributed by atoms with E-state index >= 15 is 0 Å². The molecule has 2 heterocycles. The Morgan fingerprint density at radius 3 is 2.48 bits per heavy atom. The normalized spacial score (nSPS) is 22.4. The van der Waals surface area contributed by atoms with Crippen LogP contribution in [0.4, 0.5) is 5.69 Å². The van der Waals surface area contributed by atoms with Gasteiger partial charge in [-0.05, 0) is 25.0 Å². The Hall–Kier alpha value is -1.60. The van der Waals surface area contributed by atoms with Crippen molar-refractivity contribution in [2.75, 3.05) is 43.9 Å². The van der Waals surface area contributed by atoms with E-state index in [0.29, 0.717) is 37.7 Å². The number of carbonyl (C=O) groups excluding carboxylic acids is 1. The number of amides is 1. The molecule has 0 bridgehead atoms. The van der Waals surface area contributed by atoms with Crippen LogP contribution in [0.25, 0.3) is 0 Å². The highest BCUT2D eigenvalue weighted by Gasteiger charge is 2.31. The van der Waals surface area contributed by atoms with Crippen molar-refractivity contribution in [2.24, 2.45) is 0 Å². The molecule has 0 radical (unpaired) electrons. The Kier molecular flexibility index (Phi) is 4.59. The van der Waals surface area contributed by atoms with Crippen LogP contribution in [-0.4, -0.2) is 64.4 Å². The van der Waals surface area contributed by atoms with E-state index in [1.807, 2.05) is 21.9 Å². The molecule has 23 heavy (non-hydrogen) atoms. The lowest BCUT2D eigenvalue weighted by atomic mass is 10.2. The van der Waals surface area contributed by atoms with Crippen molar-refractivity contribution in [1.29, 1.82) is 0 Å². The first-order chi connectivity index (χ1) is 11.0. The first kappa shape index (κ1) is 16.3. The van der Waals surface area contributed by atoms with Gasteiger partial charge in [0.05, 0.1) is 10.6 Å². The average molecular weight is 338 g/mol. The Morgan fingerprint density at radius 2 is 1.87 bits per heavy atom. The van der Waals surface area contributed by atoms with E-state index < -0.39 is 9.84 Å². The molecule has 0 spiro atoms. The highest BCUT2D eigenvalue weighted by atomic mass is 32.2. The number of benzene rings is 1. The first-order valence-electron chi connectivity index (χ1n) is 7.91. The molecule has 2 saturated heterocycles. The minimum atomic E-state index is -3.27. The van der Waals surface area contributed by atoms with Gasteiger partial charge >= 0.3 is 0 Å². The van der Waals surface area contributed by atoms with Crippen LogP contribution in [0.15, 0.2) is 29.2 Å². The topological polar surface area (TPSA) is 66.9 Å². The maximum atomic E-state index is 12.4. The van der Waals surface area contributed by atoms with Crippen molar-refractivity contribution in [3.05, 3.63) is 24.3 Å². The molecule has 1 aromatic carbocycles. The molecule has 0 saturated carbocycles. The second kappa shape index (κ2) is 6.49. The molecule has 2 aliphatic rings. The fourth-order valence-electron chi connectivity index (χ4n) is 3.18. The van der Waals surface area contributed by atoms with Crippen LogP contribution in [0.1, 0.15) is 12.8 Å². The summed E-state index contributed by atoms with van der Waals surface area (Å²) in [5.41, 5.74) is 0.721. The third-order valence-electron chi connectivity index (χ3n) is 4.40. The summed E-state index contributed by atoms with van der Waals surface area (Å²) in [6.07, 6.45) is 2.68. The van der Waals surface area contributed by atoms with E-state index in [0.717, 1.165) is 18.5 Å². The zero-order valence-corrected chi connectivity index (χ0v) is 14.1. The van der Waals surface area contributed by atoms with Gasteiger partial charge in [0.25, 0.3) is 5.91 Å². The molecular formula is C16H22N2O4S. The molecule has 7 heteroatoms. The van der Waals surface area contributed by atoms with E-state index in [9.17, 15) is 13.2 Å². The molecule has 1 amide bonds. The summed E-state index contributed by atoms with van der Waals surface area (Å²) in [7, 11) is -3.27. The smallest absolute Gasteiger partial charge is 0.251 e. The van der Waals surface area contributed by atoms with Gasteiger partial charge in [0.15, 0.2) is 9.84 Å². The lowest BCUT2D eigenvalue weighted by Gasteiger charge is -2.37. The highest BCUT2D eigenvalue weighted by Crippen LogP contribution is 2.26. The monoisotopic (exact) mass is 338 g/mol. The van der Waals surface area contributed by atoms with E-state index in [-0.39, 0.29) is 12.0 Å². The quantitative estimate of drug-likeness (QED) is 0.820. The predicted molar refractivity (Wildman–Crippen MR) is 87.3 cm³/mol. The summed E-state index contributed by atoms with van der Waals surface area (Å²) in [5, 5.41) is 0. The van der Waals surface area contributed by atoms with Crippen molar-refractivity contribution in [2.45, 2.75) is 23.8 Å². The molecule has 0 aliphatic carbocycles. The van der Waals surface area contributed by atoms with Crippen molar-refractivity contribution < 1.29 is 17.9 Å². The second-order valence-corrected chi connectivity index (χ2v) is 8.04. The molecule has 0 aromatic heterocycles. The lowest BCUT2D eigenvalue weighted by molar-refractivity contribution is -0.141. The molecule has 6 nitrogen and oxygen atoms in total. The fraction of sp³-hybridized carbons (Fsp3) is 0.562. The summed E-state index contributed by atoms with van der Waals surface area (Å²) in [6, 6.07) is 7.04. The van der Waals surface area contributed by atoms with Crippen LogP contribution < -0.4 is 4.90 Å². The Bertz CT molecular complexity index is 675. The van der Waals surface area contributed by atoms with Crippen LogP contribution in [0.2, 0.25) is 0 Å². The van der Waals surface area contributed by atoms with Crippen molar-refractivity contribution in [3.63, 3.8) is 0 Å². The number of rotatable bonds is 3. The summed E-state index contributed by atoms with van der Waals surface area (Å²) < 4.78 is 29.3. The number of ether oxygens (including phenoxy) is 1. The predicted octanol–water partition coefficient (Wildman–Crippen LogP) is 0.918. The van der Waals surface area contributed by atoms with Gasteiger partial charge < -0.3 is 14.5 Å². The van der Waals surface area contributed by atoms with E-state index in [2.05, 4.69) is 0 Å². The number of sulfone groups is 1. The molecule has 1 unspecified atom stereocenters. The van der Waals surface area contributed by atoms with Crippen molar-refractivity contribution >= 4 is 21.4 Å². The molecular weight excluding hydrogens is 316 g/mol. The minimum Gasteiger partial charge on any atom is -0.368 e. The Balaban J connectivity index is 1.69. The standard InChI is InChI=1S/C16H22N2O4S/c1-23(20,21)15-7-3-2-5-13(15)17-8-10-18(11-9-17)16(19)14-6-4-12-22-14/h2-3,5,7,14H,4,6,8-12H2,1H3. The van der Waals surface area contributed by atoms with Crippen LogP contribution in [0, 0.1) is 0 Å². The average Bonchev–Trinajstić information content (AvgIpc) is 3.08. The number of hydrogen-bond donors (Lipinski definition) is 0. The summed E-state index contributed by atoms with van der Waals surface area (Å²) >= 11 is 0. The van der Waals surface area contributed by atoms with Crippen LogP contribution in [0.5, 0.6) is 0 Å². The Morgan fingerprint density at radius 1 is 1.17 bits per heavy atom. The SMILES string of the molecule is CS(=O)(=O)c1ccccc1N1CCN(C(=O)C2CCCO2)CC1. The van der Waals surface area contributed by atoms with Crippen LogP contribution in [-0.2, 0) is 19.4 Å². The van der Waals surface area contributed by atoms with Gasteiger partial charge in [0, 0.05) is 39.0 Å². The molecule has 2 fully saturated rings. The third kappa shape index (κ3) is 3.50. The largest absolute Gasteiger partial charge is 0.368 e. The number of hydrogen-bond acceptors (Lipinski definition) is 5. The van der Waals surface area contributed by atoms with Gasteiger partial charge in [-0.1, -0.05) is 12.1 Å². The number of carbonyl (C=O) groups is 1. The molecule has 126 valence electrons. The van der Waals surface area contributed by atoms with Crippen LogP contribution >= 0.6 is 0 Å². The molecule has 1 aromatic rings. The second-order valence-electron chi connectivity index (χ2n) is 6.05. The van der Waals surface area contributed by atoms with E-state index in [1.165, 1.54) is 6.26 Å². The van der Waals surface area contributed by atoms with Crippen LogP contribution in [0.3, 0.4) is 0 Å². The number of anilines is 1. The zero-order valence-electron chi connectivity index (χ0n) is 13.3. The maximum absolute atomic E-state index is 12.4. The van der Waals surface area contributed by atoms with Gasteiger partial charge in [-0.3, -0.25) is 4.79 Å². The minimum absolute atomic E-state index is 0.0681. The first-order valence-corrected chi connectivity index (χ1v) is 9.80. The summed E-state index contributed by atoms with van der Waals surface area (Å²) in [5.74, 6) is 0.0681. The number of para-hydroxylation sites is 1. The zero-order chi connectivity index (χ0) is 16.4. The molecule has 2 aliphatic heterocycles. The number of piperazine rings is 1. The lowest BCUT2D eigenvalue weighted by Crippen LogP contribution is -2.51. The molecule has 3 rings (SSSR count). The summed E-state index contributed by atoms with van der Waals surface area (Å²) in [4.78, 5) is 16.6. The van der Waals surface area contributed by atoms with E-state index in [4.69, 9.17) is 4.74 Å². The van der Waals surface area contributed by atoms with Gasteiger partial charge in [-0.25, -0.2) is 8.42 Å². The highest BCUT2D eigenvalue weighted by molar-refractivity contribution is 7.90. The molecule has 1 atom stereocenters. The maximum Gasteiger partial charge on any atom is 0.251 e. The van der Waals surface area contributed by atoms with Crippen molar-refractivity contribution in [3.8, 4) is 0 Å².